The molecule has 1 aromatic heterocycles. The first-order valence-electron chi connectivity index (χ1n) is 12.7. The number of ether oxygens (including phenoxy) is 1. The Balaban J connectivity index is 1.65. The normalized spacial score (nSPS) is 18.4. The van der Waals surface area contributed by atoms with Gasteiger partial charge in [0.2, 0.25) is 0 Å². The number of hydrogen-bond donors (Lipinski definition) is 2. The minimum Gasteiger partial charge on any atom is -0.497 e. The van der Waals surface area contributed by atoms with E-state index in [1.165, 1.54) is 18.1 Å². The van der Waals surface area contributed by atoms with Gasteiger partial charge in [0.05, 0.1) is 19.6 Å². The Morgan fingerprint density at radius 3 is 2.41 bits per heavy atom. The minimum absolute atomic E-state index is 0.00427. The lowest BCUT2D eigenvalue weighted by Gasteiger charge is -2.34. The first-order valence-corrected chi connectivity index (χ1v) is 12.7. The summed E-state index contributed by atoms with van der Waals surface area (Å²) in [6.45, 7) is -0.0517. The number of hydrogen-bond acceptors (Lipinski definition) is 8. The van der Waals surface area contributed by atoms with Crippen LogP contribution in [-0.4, -0.2) is 75.9 Å². The predicted molar refractivity (Wildman–Crippen MR) is 135 cm³/mol. The van der Waals surface area contributed by atoms with Gasteiger partial charge in [0.1, 0.15) is 10.7 Å². The summed E-state index contributed by atoms with van der Waals surface area (Å²) in [5.41, 5.74) is 0.226. The highest BCUT2D eigenvalue weighted by atomic mass is 16.6. The van der Waals surface area contributed by atoms with Crippen LogP contribution < -0.4 is 10.1 Å². The zero-order chi connectivity index (χ0) is 28.1. The summed E-state index contributed by atoms with van der Waals surface area (Å²) in [6, 6.07) is 7.81. The molecule has 2 unspecified atom stereocenters. The van der Waals surface area contributed by atoms with Crippen LogP contribution in [0, 0.1) is 16.0 Å². The molecule has 2 aliphatic rings. The number of rotatable bonds is 9. The number of nitro groups is 1. The van der Waals surface area contributed by atoms with Gasteiger partial charge in [-0.1, -0.05) is 25.3 Å². The zero-order valence-corrected chi connectivity index (χ0v) is 21.4. The Morgan fingerprint density at radius 1 is 1.10 bits per heavy atom. The van der Waals surface area contributed by atoms with Crippen molar-refractivity contribution in [3.8, 4) is 5.75 Å². The van der Waals surface area contributed by atoms with Crippen LogP contribution in [0.25, 0.3) is 0 Å². The fourth-order valence-corrected chi connectivity index (χ4v) is 5.26. The molecular formula is C26H30N4O9. The second-order valence-electron chi connectivity index (χ2n) is 9.61. The van der Waals surface area contributed by atoms with Crippen molar-refractivity contribution in [2.24, 2.45) is 5.92 Å². The maximum Gasteiger partial charge on any atom is 0.433 e. The van der Waals surface area contributed by atoms with E-state index in [4.69, 9.17) is 9.15 Å². The summed E-state index contributed by atoms with van der Waals surface area (Å²) < 4.78 is 10.3. The quantitative estimate of drug-likeness (QED) is 0.357. The van der Waals surface area contributed by atoms with E-state index in [9.17, 15) is 34.4 Å². The van der Waals surface area contributed by atoms with Crippen LogP contribution in [-0.2, 0) is 9.59 Å². The van der Waals surface area contributed by atoms with Gasteiger partial charge in [-0.05, 0) is 43.0 Å². The number of carboxylic acid groups (broad SMARTS) is 1. The lowest BCUT2D eigenvalue weighted by molar-refractivity contribution is -0.402. The molecule has 1 aromatic carbocycles. The van der Waals surface area contributed by atoms with Crippen LogP contribution in [0.2, 0.25) is 0 Å². The van der Waals surface area contributed by atoms with Gasteiger partial charge in [0.25, 0.3) is 17.7 Å². The Labute approximate surface area is 223 Å². The van der Waals surface area contributed by atoms with Crippen LogP contribution in [0.3, 0.4) is 0 Å². The largest absolute Gasteiger partial charge is 0.497 e. The maximum absolute atomic E-state index is 13.8. The molecule has 1 aliphatic carbocycles. The van der Waals surface area contributed by atoms with E-state index in [1.54, 1.807) is 18.2 Å². The number of amides is 3. The van der Waals surface area contributed by atoms with E-state index in [-0.39, 0.29) is 36.8 Å². The molecule has 2 aromatic rings. The third-order valence-electron chi connectivity index (χ3n) is 7.17. The van der Waals surface area contributed by atoms with E-state index in [0.717, 1.165) is 49.1 Å². The third kappa shape index (κ3) is 6.19. The van der Waals surface area contributed by atoms with E-state index in [0.29, 0.717) is 5.75 Å². The molecule has 2 atom stereocenters. The average molecular weight is 543 g/mol. The number of methoxy groups -OCH3 is 1. The maximum atomic E-state index is 13.8. The van der Waals surface area contributed by atoms with Crippen molar-refractivity contribution in [2.75, 3.05) is 20.2 Å². The molecule has 0 bridgehead atoms. The van der Waals surface area contributed by atoms with Crippen molar-refractivity contribution in [1.82, 2.24) is 15.1 Å². The minimum atomic E-state index is -1.43. The summed E-state index contributed by atoms with van der Waals surface area (Å²) in [4.78, 5) is 64.9. The highest BCUT2D eigenvalue weighted by molar-refractivity contribution is 6.01. The second-order valence-corrected chi connectivity index (χ2v) is 9.61. The van der Waals surface area contributed by atoms with Gasteiger partial charge >= 0.3 is 11.9 Å². The molecule has 4 rings (SSSR count). The summed E-state index contributed by atoms with van der Waals surface area (Å²) in [7, 11) is 1.45. The van der Waals surface area contributed by atoms with Crippen molar-refractivity contribution in [2.45, 2.75) is 50.7 Å². The number of carbonyl (C=O) groups is 4. The summed E-state index contributed by atoms with van der Waals surface area (Å²) in [6.07, 6.45) is 2.66. The molecule has 2 N–H and O–H groups in total. The van der Waals surface area contributed by atoms with E-state index in [2.05, 4.69) is 5.32 Å². The fraction of sp³-hybridized carbons (Fsp3) is 0.462. The summed E-state index contributed by atoms with van der Waals surface area (Å²) >= 11 is 0. The van der Waals surface area contributed by atoms with E-state index in [1.807, 2.05) is 0 Å². The smallest absolute Gasteiger partial charge is 0.433 e. The zero-order valence-electron chi connectivity index (χ0n) is 21.4. The number of aliphatic carboxylic acids is 1. The number of nitrogens with one attached hydrogen (secondary N) is 1. The van der Waals surface area contributed by atoms with Crippen LogP contribution in [0.5, 0.6) is 5.75 Å². The average Bonchev–Trinajstić information content (AvgIpc) is 3.61. The lowest BCUT2D eigenvalue weighted by atomic mass is 9.82. The Hall–Kier alpha value is -4.42. The molecule has 2 fully saturated rings. The first kappa shape index (κ1) is 27.6. The molecule has 1 saturated heterocycles. The lowest BCUT2D eigenvalue weighted by Crippen LogP contribution is -2.56. The van der Waals surface area contributed by atoms with Crippen molar-refractivity contribution in [3.05, 3.63) is 57.8 Å². The molecule has 0 spiro atoms. The van der Waals surface area contributed by atoms with Crippen LogP contribution in [0.1, 0.15) is 59.4 Å². The standard InChI is InChI=1S/C26H30N4O9/c1-38-18-9-5-8-17(14-18)25(34)28-12-13-29(26(35)20-10-11-21(39-20)30(36)37)24(28)23(33)27-19(15-22(31)32)16-6-3-2-4-7-16/h5,8-11,14,16,19,24H,2-4,6-7,12-13,15H2,1H3,(H,27,33)(H,31,32). The van der Waals surface area contributed by atoms with Crippen molar-refractivity contribution >= 4 is 29.6 Å². The Kier molecular flexibility index (Phi) is 8.47. The molecule has 39 heavy (non-hydrogen) atoms. The predicted octanol–water partition coefficient (Wildman–Crippen LogP) is 2.66. The van der Waals surface area contributed by atoms with Crippen LogP contribution in [0.15, 0.2) is 40.8 Å². The van der Waals surface area contributed by atoms with Crippen molar-refractivity contribution in [3.63, 3.8) is 0 Å². The molecule has 1 aliphatic heterocycles. The molecule has 13 heteroatoms. The monoisotopic (exact) mass is 542 g/mol. The molecule has 3 amide bonds. The summed E-state index contributed by atoms with van der Waals surface area (Å²) in [5.74, 6) is -3.76. The Morgan fingerprint density at radius 2 is 1.79 bits per heavy atom. The van der Waals surface area contributed by atoms with Crippen molar-refractivity contribution < 1.29 is 38.4 Å². The Bertz CT molecular complexity index is 1250. The highest BCUT2D eigenvalue weighted by Gasteiger charge is 2.45. The van der Waals surface area contributed by atoms with E-state index < -0.39 is 46.7 Å². The molecule has 0 radical (unpaired) electrons. The van der Waals surface area contributed by atoms with Gasteiger partial charge in [-0.25, -0.2) is 0 Å². The first-order chi connectivity index (χ1) is 18.7. The molecular weight excluding hydrogens is 512 g/mol. The number of nitrogens with zero attached hydrogens (tertiary/aromatic N) is 3. The van der Waals surface area contributed by atoms with Gasteiger partial charge in [0.15, 0.2) is 11.9 Å². The third-order valence-corrected chi connectivity index (χ3v) is 7.17. The van der Waals surface area contributed by atoms with Crippen LogP contribution >= 0.6 is 0 Å². The van der Waals surface area contributed by atoms with Crippen LogP contribution in [0.4, 0.5) is 5.88 Å². The molecule has 208 valence electrons. The summed E-state index contributed by atoms with van der Waals surface area (Å²) in [5, 5.41) is 23.4. The van der Waals surface area contributed by atoms with E-state index >= 15 is 0 Å². The molecule has 1 saturated carbocycles. The van der Waals surface area contributed by atoms with Gasteiger partial charge < -0.3 is 29.4 Å². The number of benzene rings is 1. The van der Waals surface area contributed by atoms with Gasteiger partial charge in [0, 0.05) is 24.7 Å². The fourth-order valence-electron chi connectivity index (χ4n) is 5.26. The SMILES string of the molecule is COc1cccc(C(=O)N2CCN(C(=O)c3ccc([N+](=O)[O-])o3)C2C(=O)NC(CC(=O)O)C2CCCCC2)c1. The topological polar surface area (TPSA) is 173 Å². The number of carbonyl (C=O) groups excluding carboxylic acids is 3. The van der Waals surface area contributed by atoms with Crippen molar-refractivity contribution in [1.29, 1.82) is 0 Å². The molecule has 2 heterocycles. The number of carboxylic acids is 1. The number of furan rings is 1. The molecule has 13 nitrogen and oxygen atoms in total. The second kappa shape index (κ2) is 12.0. The highest BCUT2D eigenvalue weighted by Crippen LogP contribution is 2.29. The van der Waals surface area contributed by atoms with Gasteiger partial charge in [-0.2, -0.15) is 0 Å². The van der Waals surface area contributed by atoms with Gasteiger partial charge in [-0.3, -0.25) is 29.3 Å². The van der Waals surface area contributed by atoms with Gasteiger partial charge in [-0.15, -0.1) is 0 Å².